The lowest BCUT2D eigenvalue weighted by Gasteiger charge is -2.07. The zero-order valence-electron chi connectivity index (χ0n) is 11.5. The van der Waals surface area contributed by atoms with Gasteiger partial charge in [-0.25, -0.2) is 0 Å². The van der Waals surface area contributed by atoms with Gasteiger partial charge in [0.05, 0.1) is 19.9 Å². The highest BCUT2D eigenvalue weighted by molar-refractivity contribution is 6.01. The molecule has 0 heterocycles. The molecule has 0 unspecified atom stereocenters. The molecule has 0 fully saturated rings. The highest BCUT2D eigenvalue weighted by atomic mass is 16.5. The van der Waals surface area contributed by atoms with Crippen LogP contribution in [0.1, 0.15) is 11.1 Å². The van der Waals surface area contributed by atoms with Gasteiger partial charge < -0.3 is 14.7 Å². The van der Waals surface area contributed by atoms with E-state index in [1.807, 2.05) is 48.5 Å². The summed E-state index contributed by atoms with van der Waals surface area (Å²) < 4.78 is 10.2. The molecule has 0 aliphatic heterocycles. The standard InChI is InChI=1S/C16H17NO3/c1-19-14-7-3-12(4-8-14)11-16(17-18)13-5-9-15(20-2)10-6-13/h3-10,18H,11H2,1-2H3. The number of benzene rings is 2. The fourth-order valence-electron chi connectivity index (χ4n) is 1.92. The fourth-order valence-corrected chi connectivity index (χ4v) is 1.92. The molecule has 2 rings (SSSR count). The van der Waals surface area contributed by atoms with E-state index < -0.39 is 0 Å². The van der Waals surface area contributed by atoms with Crippen LogP contribution < -0.4 is 9.47 Å². The third-order valence-electron chi connectivity index (χ3n) is 3.07. The summed E-state index contributed by atoms with van der Waals surface area (Å²) in [6.45, 7) is 0. The number of nitrogens with zero attached hydrogens (tertiary/aromatic N) is 1. The Labute approximate surface area is 118 Å². The second kappa shape index (κ2) is 6.61. The first kappa shape index (κ1) is 13.9. The van der Waals surface area contributed by atoms with E-state index in [1.54, 1.807) is 14.2 Å². The molecule has 0 radical (unpaired) electrons. The van der Waals surface area contributed by atoms with Gasteiger partial charge in [-0.1, -0.05) is 17.3 Å². The van der Waals surface area contributed by atoms with Crippen LogP contribution in [0.4, 0.5) is 0 Å². The van der Waals surface area contributed by atoms with E-state index in [2.05, 4.69) is 5.16 Å². The van der Waals surface area contributed by atoms with E-state index in [-0.39, 0.29) is 0 Å². The Bertz CT molecular complexity index is 574. The van der Waals surface area contributed by atoms with Gasteiger partial charge in [-0.2, -0.15) is 0 Å². The predicted octanol–water partition coefficient (Wildman–Crippen LogP) is 3.12. The molecule has 0 bridgehead atoms. The number of rotatable bonds is 5. The van der Waals surface area contributed by atoms with Crippen LogP contribution in [0.3, 0.4) is 0 Å². The van der Waals surface area contributed by atoms with Crippen molar-refractivity contribution < 1.29 is 14.7 Å². The molecule has 0 aromatic heterocycles. The summed E-state index contributed by atoms with van der Waals surface area (Å²) in [5.41, 5.74) is 2.52. The zero-order valence-corrected chi connectivity index (χ0v) is 11.5. The molecule has 104 valence electrons. The van der Waals surface area contributed by atoms with E-state index >= 15 is 0 Å². The van der Waals surface area contributed by atoms with Crippen LogP contribution in [0.15, 0.2) is 53.7 Å². The first-order chi connectivity index (χ1) is 9.76. The van der Waals surface area contributed by atoms with Crippen LogP contribution in [0.2, 0.25) is 0 Å². The van der Waals surface area contributed by atoms with Crippen LogP contribution in [0, 0.1) is 0 Å². The highest BCUT2D eigenvalue weighted by Gasteiger charge is 2.06. The highest BCUT2D eigenvalue weighted by Crippen LogP contribution is 2.16. The Kier molecular flexibility index (Phi) is 4.60. The van der Waals surface area contributed by atoms with E-state index in [9.17, 15) is 5.21 Å². The van der Waals surface area contributed by atoms with Gasteiger partial charge in [-0.15, -0.1) is 0 Å². The molecule has 20 heavy (non-hydrogen) atoms. The Balaban J connectivity index is 2.15. The molecule has 0 spiro atoms. The molecule has 0 saturated carbocycles. The summed E-state index contributed by atoms with van der Waals surface area (Å²) in [4.78, 5) is 0. The minimum absolute atomic E-state index is 0.548. The number of hydrogen-bond acceptors (Lipinski definition) is 4. The maximum absolute atomic E-state index is 9.20. The Morgan fingerprint density at radius 3 is 1.85 bits per heavy atom. The van der Waals surface area contributed by atoms with Gasteiger partial charge in [0.25, 0.3) is 0 Å². The van der Waals surface area contributed by atoms with Crippen LogP contribution in [0.25, 0.3) is 0 Å². The lowest BCUT2D eigenvalue weighted by molar-refractivity contribution is 0.318. The maximum atomic E-state index is 9.20. The first-order valence-electron chi connectivity index (χ1n) is 6.25. The number of oxime groups is 1. The molecule has 0 atom stereocenters. The van der Waals surface area contributed by atoms with Crippen molar-refractivity contribution in [2.45, 2.75) is 6.42 Å². The lowest BCUT2D eigenvalue weighted by atomic mass is 10.0. The molecule has 0 saturated heterocycles. The van der Waals surface area contributed by atoms with Crippen molar-refractivity contribution in [1.82, 2.24) is 0 Å². The number of methoxy groups -OCH3 is 2. The van der Waals surface area contributed by atoms with Gasteiger partial charge in [-0.05, 0) is 47.5 Å². The predicted molar refractivity (Wildman–Crippen MR) is 78.0 cm³/mol. The molecule has 4 nitrogen and oxygen atoms in total. The minimum atomic E-state index is 0.548. The summed E-state index contributed by atoms with van der Waals surface area (Å²) in [6, 6.07) is 15.1. The summed E-state index contributed by atoms with van der Waals surface area (Å²) in [5.74, 6) is 1.58. The van der Waals surface area contributed by atoms with Crippen molar-refractivity contribution >= 4 is 5.71 Å². The molecule has 0 aliphatic rings. The Morgan fingerprint density at radius 1 is 0.900 bits per heavy atom. The van der Waals surface area contributed by atoms with Crippen LogP contribution in [0.5, 0.6) is 11.5 Å². The normalized spacial score (nSPS) is 11.2. The third-order valence-corrected chi connectivity index (χ3v) is 3.07. The van der Waals surface area contributed by atoms with E-state index in [4.69, 9.17) is 9.47 Å². The molecule has 0 aliphatic carbocycles. The molecular weight excluding hydrogens is 254 g/mol. The zero-order chi connectivity index (χ0) is 14.4. The van der Waals surface area contributed by atoms with Crippen molar-refractivity contribution in [1.29, 1.82) is 0 Å². The second-order valence-corrected chi connectivity index (χ2v) is 4.30. The fraction of sp³-hybridized carbons (Fsp3) is 0.188. The molecule has 2 aromatic carbocycles. The quantitative estimate of drug-likeness (QED) is 0.516. The van der Waals surface area contributed by atoms with E-state index in [1.165, 1.54) is 0 Å². The molecule has 2 aromatic rings. The Morgan fingerprint density at radius 2 is 1.40 bits per heavy atom. The lowest BCUT2D eigenvalue weighted by Crippen LogP contribution is -2.05. The van der Waals surface area contributed by atoms with Crippen LogP contribution in [-0.2, 0) is 6.42 Å². The number of hydrogen-bond donors (Lipinski definition) is 1. The van der Waals surface area contributed by atoms with Crippen molar-refractivity contribution in [3.05, 3.63) is 59.7 Å². The van der Waals surface area contributed by atoms with Crippen LogP contribution >= 0.6 is 0 Å². The third kappa shape index (κ3) is 3.29. The largest absolute Gasteiger partial charge is 0.497 e. The van der Waals surface area contributed by atoms with Gasteiger partial charge in [0, 0.05) is 6.42 Å². The summed E-state index contributed by atoms with van der Waals surface area (Å²) in [7, 11) is 3.25. The van der Waals surface area contributed by atoms with Gasteiger partial charge in [-0.3, -0.25) is 0 Å². The molecular formula is C16H17NO3. The van der Waals surface area contributed by atoms with Gasteiger partial charge >= 0.3 is 0 Å². The average Bonchev–Trinajstić information content (AvgIpc) is 2.53. The second-order valence-electron chi connectivity index (χ2n) is 4.30. The van der Waals surface area contributed by atoms with Gasteiger partial charge in [0.2, 0.25) is 0 Å². The van der Waals surface area contributed by atoms with Crippen molar-refractivity contribution in [2.75, 3.05) is 14.2 Å². The summed E-state index contributed by atoms with van der Waals surface area (Å²) in [6.07, 6.45) is 0.548. The van der Waals surface area contributed by atoms with Gasteiger partial charge in [0.15, 0.2) is 0 Å². The van der Waals surface area contributed by atoms with E-state index in [0.29, 0.717) is 12.1 Å². The summed E-state index contributed by atoms with van der Waals surface area (Å²) >= 11 is 0. The van der Waals surface area contributed by atoms with Crippen LogP contribution in [-0.4, -0.2) is 25.1 Å². The van der Waals surface area contributed by atoms with E-state index in [0.717, 1.165) is 22.6 Å². The molecule has 4 heteroatoms. The monoisotopic (exact) mass is 271 g/mol. The Hall–Kier alpha value is -2.49. The molecule has 0 amide bonds. The SMILES string of the molecule is COc1ccc(CC(=NO)c2ccc(OC)cc2)cc1. The maximum Gasteiger partial charge on any atom is 0.118 e. The van der Waals surface area contributed by atoms with Gasteiger partial charge in [0.1, 0.15) is 11.5 Å². The number of ether oxygens (including phenoxy) is 2. The van der Waals surface area contributed by atoms with Crippen molar-refractivity contribution in [3.63, 3.8) is 0 Å². The topological polar surface area (TPSA) is 51.0 Å². The minimum Gasteiger partial charge on any atom is -0.497 e. The molecule has 1 N–H and O–H groups in total. The average molecular weight is 271 g/mol. The van der Waals surface area contributed by atoms with Crippen molar-refractivity contribution in [2.24, 2.45) is 5.16 Å². The van der Waals surface area contributed by atoms with Crippen molar-refractivity contribution in [3.8, 4) is 11.5 Å². The smallest absolute Gasteiger partial charge is 0.118 e. The summed E-state index contributed by atoms with van der Waals surface area (Å²) in [5, 5.41) is 12.6. The first-order valence-corrected chi connectivity index (χ1v) is 6.25.